The van der Waals surface area contributed by atoms with Gasteiger partial charge in [-0.3, -0.25) is 9.59 Å². The fraction of sp³-hybridized carbons (Fsp3) is 0.364. The molecule has 1 fully saturated rings. The van der Waals surface area contributed by atoms with Crippen LogP contribution in [0.1, 0.15) is 50.2 Å². The molecule has 0 unspecified atom stereocenters. The van der Waals surface area contributed by atoms with Crippen LogP contribution in [-0.2, 0) is 0 Å². The van der Waals surface area contributed by atoms with Crippen LogP contribution in [0.3, 0.4) is 0 Å². The Morgan fingerprint density at radius 3 is 2.27 bits per heavy atom. The Balaban J connectivity index is 1.66. The van der Waals surface area contributed by atoms with Crippen molar-refractivity contribution in [1.82, 2.24) is 4.90 Å². The average Bonchev–Trinajstić information content (AvgIpc) is 2.63. The standard InChI is InChI=1S/C22H24FNO2/c1-14-4-7-19(16(3)12-14)21(25)17-8-10-24(11-9-17)22(26)18-6-5-15(2)20(23)13-18/h4-7,12-13,17H,8-11H2,1-3H3. The Morgan fingerprint density at radius 2 is 1.65 bits per heavy atom. The lowest BCUT2D eigenvalue weighted by Crippen LogP contribution is -2.40. The summed E-state index contributed by atoms with van der Waals surface area (Å²) >= 11 is 0. The molecule has 4 heteroatoms. The number of Topliss-reactive ketones (excluding diaryl/α,β-unsaturated/α-hetero) is 1. The molecule has 2 aromatic carbocycles. The van der Waals surface area contributed by atoms with Crippen LogP contribution in [0.5, 0.6) is 0 Å². The van der Waals surface area contributed by atoms with Gasteiger partial charge in [0.15, 0.2) is 5.78 Å². The molecule has 0 N–H and O–H groups in total. The quantitative estimate of drug-likeness (QED) is 0.763. The van der Waals surface area contributed by atoms with Crippen molar-refractivity contribution in [2.24, 2.45) is 5.92 Å². The fourth-order valence-electron chi connectivity index (χ4n) is 3.56. The molecule has 1 aliphatic heterocycles. The molecule has 0 atom stereocenters. The summed E-state index contributed by atoms with van der Waals surface area (Å²) in [7, 11) is 0. The number of rotatable bonds is 3. The molecule has 2 aromatic rings. The molecule has 0 radical (unpaired) electrons. The van der Waals surface area contributed by atoms with Crippen molar-refractivity contribution < 1.29 is 14.0 Å². The molecular formula is C22H24FNO2. The third-order valence-electron chi connectivity index (χ3n) is 5.22. The monoisotopic (exact) mass is 353 g/mol. The maximum atomic E-state index is 13.7. The molecule has 0 saturated carbocycles. The number of hydrogen-bond donors (Lipinski definition) is 0. The zero-order valence-corrected chi connectivity index (χ0v) is 15.5. The van der Waals surface area contributed by atoms with Gasteiger partial charge in [0, 0.05) is 30.1 Å². The average molecular weight is 353 g/mol. The van der Waals surface area contributed by atoms with Crippen LogP contribution in [0.25, 0.3) is 0 Å². The lowest BCUT2D eigenvalue weighted by molar-refractivity contribution is 0.0650. The van der Waals surface area contributed by atoms with Gasteiger partial charge >= 0.3 is 0 Å². The van der Waals surface area contributed by atoms with E-state index in [9.17, 15) is 14.0 Å². The van der Waals surface area contributed by atoms with Crippen molar-refractivity contribution in [1.29, 1.82) is 0 Å². The molecule has 0 spiro atoms. The highest BCUT2D eigenvalue weighted by Crippen LogP contribution is 2.25. The Labute approximate surface area is 153 Å². The number of hydrogen-bond acceptors (Lipinski definition) is 2. The summed E-state index contributed by atoms with van der Waals surface area (Å²) < 4.78 is 13.7. The zero-order valence-electron chi connectivity index (χ0n) is 15.5. The van der Waals surface area contributed by atoms with Crippen molar-refractivity contribution in [2.45, 2.75) is 33.6 Å². The van der Waals surface area contributed by atoms with Crippen molar-refractivity contribution in [3.05, 3.63) is 70.0 Å². The van der Waals surface area contributed by atoms with E-state index >= 15 is 0 Å². The number of piperidine rings is 1. The van der Waals surface area contributed by atoms with Gasteiger partial charge in [0.25, 0.3) is 5.91 Å². The predicted molar refractivity (Wildman–Crippen MR) is 100 cm³/mol. The van der Waals surface area contributed by atoms with Gasteiger partial charge < -0.3 is 4.90 Å². The first-order valence-corrected chi connectivity index (χ1v) is 9.03. The van der Waals surface area contributed by atoms with Crippen LogP contribution in [0.2, 0.25) is 0 Å². The van der Waals surface area contributed by atoms with Crippen LogP contribution >= 0.6 is 0 Å². The molecule has 3 nitrogen and oxygen atoms in total. The van der Waals surface area contributed by atoms with E-state index in [2.05, 4.69) is 0 Å². The number of nitrogens with zero attached hydrogens (tertiary/aromatic N) is 1. The van der Waals surface area contributed by atoms with E-state index in [1.807, 2.05) is 32.0 Å². The van der Waals surface area contributed by atoms with E-state index in [0.29, 0.717) is 37.1 Å². The molecule has 3 rings (SSSR count). The number of aryl methyl sites for hydroxylation is 3. The van der Waals surface area contributed by atoms with Crippen LogP contribution in [0.4, 0.5) is 4.39 Å². The van der Waals surface area contributed by atoms with Crippen molar-refractivity contribution >= 4 is 11.7 Å². The summed E-state index contributed by atoms with van der Waals surface area (Å²) in [5.74, 6) is -0.428. The second-order valence-electron chi connectivity index (χ2n) is 7.21. The normalized spacial score (nSPS) is 15.2. The van der Waals surface area contributed by atoms with Gasteiger partial charge in [-0.15, -0.1) is 0 Å². The summed E-state index contributed by atoms with van der Waals surface area (Å²) in [6.45, 7) is 6.70. The summed E-state index contributed by atoms with van der Waals surface area (Å²) in [4.78, 5) is 27.1. The molecule has 0 aromatic heterocycles. The maximum Gasteiger partial charge on any atom is 0.253 e. The van der Waals surface area contributed by atoms with Gasteiger partial charge in [-0.25, -0.2) is 4.39 Å². The first-order chi connectivity index (χ1) is 12.4. The van der Waals surface area contributed by atoms with E-state index in [4.69, 9.17) is 0 Å². The number of carbonyl (C=O) groups excluding carboxylic acids is 2. The van der Waals surface area contributed by atoms with Gasteiger partial charge in [-0.05, 0) is 56.9 Å². The first kappa shape index (κ1) is 18.3. The van der Waals surface area contributed by atoms with E-state index < -0.39 is 0 Å². The van der Waals surface area contributed by atoms with Crippen molar-refractivity contribution in [3.8, 4) is 0 Å². The SMILES string of the molecule is Cc1ccc(C(=O)C2CCN(C(=O)c3ccc(C)c(F)c3)CC2)c(C)c1. The van der Waals surface area contributed by atoms with Crippen LogP contribution in [0, 0.1) is 32.5 Å². The van der Waals surface area contributed by atoms with Gasteiger partial charge in [-0.2, -0.15) is 0 Å². The number of benzene rings is 2. The minimum atomic E-state index is -0.365. The van der Waals surface area contributed by atoms with Gasteiger partial charge in [0.05, 0.1) is 0 Å². The molecule has 1 aliphatic rings. The second kappa shape index (κ2) is 7.40. The van der Waals surface area contributed by atoms with Crippen LogP contribution in [0.15, 0.2) is 36.4 Å². The fourth-order valence-corrected chi connectivity index (χ4v) is 3.56. The smallest absolute Gasteiger partial charge is 0.253 e. The minimum Gasteiger partial charge on any atom is -0.339 e. The molecule has 0 aliphatic carbocycles. The number of amides is 1. The number of carbonyl (C=O) groups is 2. The van der Waals surface area contributed by atoms with Gasteiger partial charge in [-0.1, -0.05) is 29.8 Å². The Hall–Kier alpha value is -2.49. The number of ketones is 1. The van der Waals surface area contributed by atoms with E-state index in [1.165, 1.54) is 6.07 Å². The maximum absolute atomic E-state index is 13.7. The third-order valence-corrected chi connectivity index (χ3v) is 5.22. The van der Waals surface area contributed by atoms with E-state index in [0.717, 1.165) is 16.7 Å². The van der Waals surface area contributed by atoms with Crippen LogP contribution < -0.4 is 0 Å². The largest absolute Gasteiger partial charge is 0.339 e. The summed E-state index contributed by atoms with van der Waals surface area (Å²) in [5.41, 5.74) is 3.82. The highest BCUT2D eigenvalue weighted by atomic mass is 19.1. The number of likely N-dealkylation sites (tertiary alicyclic amines) is 1. The molecule has 1 amide bonds. The topological polar surface area (TPSA) is 37.4 Å². The second-order valence-corrected chi connectivity index (χ2v) is 7.21. The molecule has 26 heavy (non-hydrogen) atoms. The highest BCUT2D eigenvalue weighted by molar-refractivity contribution is 5.99. The highest BCUT2D eigenvalue weighted by Gasteiger charge is 2.29. The lowest BCUT2D eigenvalue weighted by Gasteiger charge is -2.31. The summed E-state index contributed by atoms with van der Waals surface area (Å²) in [6.07, 6.45) is 1.29. The predicted octanol–water partition coefficient (Wildman–Crippen LogP) is 4.49. The van der Waals surface area contributed by atoms with Crippen molar-refractivity contribution in [3.63, 3.8) is 0 Å². The summed E-state index contributed by atoms with van der Waals surface area (Å²) in [6, 6.07) is 10.5. The molecule has 0 bridgehead atoms. The van der Waals surface area contributed by atoms with E-state index in [1.54, 1.807) is 24.0 Å². The summed E-state index contributed by atoms with van der Waals surface area (Å²) in [5, 5.41) is 0. The van der Waals surface area contributed by atoms with Crippen LogP contribution in [-0.4, -0.2) is 29.7 Å². The Morgan fingerprint density at radius 1 is 0.962 bits per heavy atom. The van der Waals surface area contributed by atoms with E-state index in [-0.39, 0.29) is 23.4 Å². The molecule has 1 saturated heterocycles. The molecule has 1 heterocycles. The number of halogens is 1. The van der Waals surface area contributed by atoms with Crippen molar-refractivity contribution in [2.75, 3.05) is 13.1 Å². The Kier molecular flexibility index (Phi) is 5.21. The minimum absolute atomic E-state index is 0.0600. The lowest BCUT2D eigenvalue weighted by atomic mass is 9.87. The Bertz CT molecular complexity index is 851. The van der Waals surface area contributed by atoms with Gasteiger partial charge in [0.1, 0.15) is 5.82 Å². The third kappa shape index (κ3) is 3.69. The van der Waals surface area contributed by atoms with Gasteiger partial charge in [0.2, 0.25) is 0 Å². The zero-order chi connectivity index (χ0) is 18.8. The molecule has 136 valence electrons. The molecular weight excluding hydrogens is 329 g/mol. The first-order valence-electron chi connectivity index (χ1n) is 9.03.